The zero-order chi connectivity index (χ0) is 40.1. The number of carbonyl (C=O) groups excluding carboxylic acids is 3. The highest BCUT2D eigenvalue weighted by Gasteiger charge is 2.23. The van der Waals surface area contributed by atoms with Crippen molar-refractivity contribution in [3.8, 4) is 5.75 Å². The molecule has 0 spiro atoms. The number of primary amides is 1. The number of allylic oxidation sites excluding steroid dienone is 2. The van der Waals surface area contributed by atoms with Crippen molar-refractivity contribution in [2.45, 2.75) is 79.6 Å². The van der Waals surface area contributed by atoms with E-state index in [1.54, 1.807) is 45.9 Å². The molecule has 17 nitrogen and oxygen atoms in total. The molecule has 1 aliphatic rings. The van der Waals surface area contributed by atoms with Crippen molar-refractivity contribution in [3.05, 3.63) is 83.1 Å². The fourth-order valence-corrected chi connectivity index (χ4v) is 7.27. The van der Waals surface area contributed by atoms with Gasteiger partial charge in [-0.3, -0.25) is 38.9 Å². The van der Waals surface area contributed by atoms with Crippen LogP contribution in [0.15, 0.2) is 54.7 Å². The summed E-state index contributed by atoms with van der Waals surface area (Å²) in [6, 6.07) is 10.3. The van der Waals surface area contributed by atoms with E-state index in [0.29, 0.717) is 77.2 Å². The number of anilines is 2. The normalized spacial score (nSPS) is 13.5. The number of aryl methyl sites for hydroxylation is 4. The van der Waals surface area contributed by atoms with Crippen molar-refractivity contribution in [1.29, 1.82) is 0 Å². The third kappa shape index (κ3) is 8.57. The maximum Gasteiger partial charge on any atom is 0.276 e. The first-order valence-electron chi connectivity index (χ1n) is 19.5. The number of imidazole rings is 2. The molecule has 298 valence electrons. The second-order valence-electron chi connectivity index (χ2n) is 14.1. The van der Waals surface area contributed by atoms with E-state index in [9.17, 15) is 14.4 Å². The number of aromatic nitrogens is 9. The summed E-state index contributed by atoms with van der Waals surface area (Å²) in [7, 11) is 0. The standard InChI is InChI=1S/C40H49N13O4/c1-5-52-31(22-26(3)47-52)37(55)45-39-44-30-24-28(35(41)54)25-33(57-21-13-18-49-16-8-7-9-17-49)34(30)50(39)19-10-11-20-51-36-29(14-12-15-42-36)43-40(51)46-38(56)32-23-27(4)48-53(32)6-2/h10-12,14-15,22-25H,5-9,13,16-21H2,1-4H3,(H2,41,54)(H,43,46,56)(H,44,45,55)/b11-10+. The van der Waals surface area contributed by atoms with Crippen LogP contribution in [0.3, 0.4) is 0 Å². The molecule has 0 radical (unpaired) electrons. The average Bonchev–Trinajstić information content (AvgIpc) is 3.97. The van der Waals surface area contributed by atoms with Crippen LogP contribution in [0.4, 0.5) is 11.9 Å². The minimum atomic E-state index is -0.615. The lowest BCUT2D eigenvalue weighted by molar-refractivity contribution is 0.0994. The van der Waals surface area contributed by atoms with Crippen molar-refractivity contribution < 1.29 is 19.1 Å². The van der Waals surface area contributed by atoms with E-state index in [0.717, 1.165) is 31.7 Å². The molecule has 1 aromatic carbocycles. The predicted molar refractivity (Wildman–Crippen MR) is 217 cm³/mol. The fourth-order valence-electron chi connectivity index (χ4n) is 7.27. The Labute approximate surface area is 329 Å². The molecule has 17 heteroatoms. The van der Waals surface area contributed by atoms with E-state index in [1.165, 1.54) is 19.3 Å². The minimum Gasteiger partial charge on any atom is -0.491 e. The summed E-state index contributed by atoms with van der Waals surface area (Å²) in [5.41, 5.74) is 10.6. The van der Waals surface area contributed by atoms with E-state index in [2.05, 4.69) is 35.7 Å². The van der Waals surface area contributed by atoms with E-state index in [1.807, 2.05) is 55.0 Å². The van der Waals surface area contributed by atoms with Crippen molar-refractivity contribution in [1.82, 2.24) is 48.5 Å². The third-order valence-electron chi connectivity index (χ3n) is 9.98. The first kappa shape index (κ1) is 38.9. The summed E-state index contributed by atoms with van der Waals surface area (Å²) in [4.78, 5) is 56.1. The molecule has 1 aliphatic heterocycles. The summed E-state index contributed by atoms with van der Waals surface area (Å²) in [6.07, 6.45) is 10.0. The molecule has 0 bridgehead atoms. The van der Waals surface area contributed by atoms with Crippen LogP contribution in [0.25, 0.3) is 22.2 Å². The van der Waals surface area contributed by atoms with Crippen LogP contribution in [0.1, 0.15) is 82.3 Å². The highest BCUT2D eigenvalue weighted by atomic mass is 16.5. The number of benzene rings is 1. The predicted octanol–water partition coefficient (Wildman–Crippen LogP) is 4.95. The molecule has 0 saturated carbocycles. The number of nitrogens with zero attached hydrogens (tertiary/aromatic N) is 10. The third-order valence-corrected chi connectivity index (χ3v) is 9.98. The fraction of sp³-hybridized carbons (Fsp3) is 0.400. The number of hydrogen-bond acceptors (Lipinski definition) is 10. The lowest BCUT2D eigenvalue weighted by Crippen LogP contribution is -2.31. The summed E-state index contributed by atoms with van der Waals surface area (Å²) in [6.45, 7) is 12.6. The largest absolute Gasteiger partial charge is 0.491 e. The zero-order valence-corrected chi connectivity index (χ0v) is 32.9. The van der Waals surface area contributed by atoms with Crippen LogP contribution in [0.2, 0.25) is 0 Å². The van der Waals surface area contributed by atoms with Gasteiger partial charge in [0.2, 0.25) is 17.8 Å². The van der Waals surface area contributed by atoms with Crippen LogP contribution in [-0.2, 0) is 26.2 Å². The second-order valence-corrected chi connectivity index (χ2v) is 14.1. The SMILES string of the molecule is CCn1nc(C)cc1C(=O)Nc1nc2cccnc2n1C/C=C/Cn1c(NC(=O)c2cc(C)nn2CC)nc2cc(C(N)=O)cc(OCCCN3CCCCC3)c21. The Kier molecular flexibility index (Phi) is 11.7. The molecule has 1 fully saturated rings. The Morgan fingerprint density at radius 2 is 1.44 bits per heavy atom. The van der Waals surface area contributed by atoms with Crippen LogP contribution < -0.4 is 21.1 Å². The highest BCUT2D eigenvalue weighted by Crippen LogP contribution is 2.32. The van der Waals surface area contributed by atoms with Gasteiger partial charge in [0, 0.05) is 44.5 Å². The Bertz CT molecular complexity index is 2450. The smallest absolute Gasteiger partial charge is 0.276 e. The number of rotatable bonds is 16. The Morgan fingerprint density at radius 1 is 0.825 bits per heavy atom. The molecule has 3 amide bonds. The van der Waals surface area contributed by atoms with Gasteiger partial charge in [-0.25, -0.2) is 15.0 Å². The molecule has 6 aromatic rings. The summed E-state index contributed by atoms with van der Waals surface area (Å²) in [5, 5.41) is 14.8. The number of fused-ring (bicyclic) bond motifs is 2. The van der Waals surface area contributed by atoms with Gasteiger partial charge in [0.1, 0.15) is 28.2 Å². The number of piperidine rings is 1. The summed E-state index contributed by atoms with van der Waals surface area (Å²) >= 11 is 0. The summed E-state index contributed by atoms with van der Waals surface area (Å²) in [5.74, 6) is -0.299. The number of ether oxygens (including phenoxy) is 1. The van der Waals surface area contributed by atoms with Gasteiger partial charge in [-0.15, -0.1) is 0 Å². The lowest BCUT2D eigenvalue weighted by atomic mass is 10.1. The average molecular weight is 776 g/mol. The Hall–Kier alpha value is -6.36. The number of likely N-dealkylation sites (tertiary alicyclic amines) is 1. The van der Waals surface area contributed by atoms with Gasteiger partial charge in [-0.2, -0.15) is 10.2 Å². The molecular weight excluding hydrogens is 727 g/mol. The van der Waals surface area contributed by atoms with Crippen LogP contribution >= 0.6 is 0 Å². The van der Waals surface area contributed by atoms with Gasteiger partial charge in [0.15, 0.2) is 5.65 Å². The zero-order valence-electron chi connectivity index (χ0n) is 32.9. The van der Waals surface area contributed by atoms with Crippen LogP contribution in [0.5, 0.6) is 5.75 Å². The number of pyridine rings is 1. The first-order valence-corrected chi connectivity index (χ1v) is 19.5. The molecule has 7 rings (SSSR count). The number of amides is 3. The number of nitrogens with one attached hydrogen (secondary N) is 2. The van der Waals surface area contributed by atoms with Crippen LogP contribution in [-0.4, -0.2) is 92.5 Å². The van der Waals surface area contributed by atoms with Gasteiger partial charge in [0.05, 0.1) is 23.5 Å². The van der Waals surface area contributed by atoms with Gasteiger partial charge >= 0.3 is 0 Å². The van der Waals surface area contributed by atoms with Crippen molar-refractivity contribution >= 4 is 51.8 Å². The van der Waals surface area contributed by atoms with Gasteiger partial charge < -0.3 is 19.9 Å². The van der Waals surface area contributed by atoms with Crippen LogP contribution in [0, 0.1) is 13.8 Å². The minimum absolute atomic E-state index is 0.248. The van der Waals surface area contributed by atoms with E-state index in [-0.39, 0.29) is 29.9 Å². The summed E-state index contributed by atoms with van der Waals surface area (Å²) < 4.78 is 13.3. The number of carbonyl (C=O) groups is 3. The highest BCUT2D eigenvalue weighted by molar-refractivity contribution is 6.04. The van der Waals surface area contributed by atoms with E-state index < -0.39 is 5.91 Å². The topological polar surface area (TPSA) is 198 Å². The molecule has 4 N–H and O–H groups in total. The quantitative estimate of drug-likeness (QED) is 0.0894. The van der Waals surface area contributed by atoms with Gasteiger partial charge in [-0.1, -0.05) is 18.6 Å². The number of nitrogens with two attached hydrogens (primary N) is 1. The monoisotopic (exact) mass is 775 g/mol. The molecule has 5 aromatic heterocycles. The maximum absolute atomic E-state index is 13.7. The molecule has 0 unspecified atom stereocenters. The lowest BCUT2D eigenvalue weighted by Gasteiger charge is -2.26. The van der Waals surface area contributed by atoms with Crippen molar-refractivity contribution in [2.75, 3.05) is 36.9 Å². The Balaban J connectivity index is 1.20. The van der Waals surface area contributed by atoms with Gasteiger partial charge in [-0.05, 0) is 96.4 Å². The van der Waals surface area contributed by atoms with E-state index >= 15 is 0 Å². The molecule has 1 saturated heterocycles. The maximum atomic E-state index is 13.7. The van der Waals surface area contributed by atoms with Crippen molar-refractivity contribution in [2.24, 2.45) is 5.73 Å². The molecule has 57 heavy (non-hydrogen) atoms. The molecule has 6 heterocycles. The number of hydrogen-bond donors (Lipinski definition) is 3. The van der Waals surface area contributed by atoms with Crippen molar-refractivity contribution in [3.63, 3.8) is 0 Å². The molecular formula is C40H49N13O4. The van der Waals surface area contributed by atoms with E-state index in [4.69, 9.17) is 15.5 Å². The first-order chi connectivity index (χ1) is 27.6. The molecule has 0 atom stereocenters. The Morgan fingerprint density at radius 3 is 2.07 bits per heavy atom. The molecule has 0 aliphatic carbocycles. The van der Waals surface area contributed by atoms with Gasteiger partial charge in [0.25, 0.3) is 11.8 Å². The second kappa shape index (κ2) is 17.2.